The summed E-state index contributed by atoms with van der Waals surface area (Å²) in [6.07, 6.45) is 1.69. The van der Waals surface area contributed by atoms with Crippen LogP contribution in [-0.4, -0.2) is 11.0 Å². The summed E-state index contributed by atoms with van der Waals surface area (Å²) in [5.74, 6) is 0.792. The van der Waals surface area contributed by atoms with Gasteiger partial charge in [0.1, 0.15) is 5.76 Å². The summed E-state index contributed by atoms with van der Waals surface area (Å²) >= 11 is 0. The van der Waals surface area contributed by atoms with Gasteiger partial charge in [0.25, 0.3) is 5.91 Å². The average molecular weight is 327 g/mol. The number of amides is 1. The molecule has 1 heterocycles. The van der Waals surface area contributed by atoms with Gasteiger partial charge in [-0.1, -0.05) is 39.0 Å². The average Bonchev–Trinajstić information content (AvgIpc) is 2.83. The normalized spacial score (nSPS) is 19.0. The van der Waals surface area contributed by atoms with Crippen molar-refractivity contribution in [3.8, 4) is 0 Å². The fourth-order valence-electron chi connectivity index (χ4n) is 3.63. The van der Waals surface area contributed by atoms with E-state index in [1.807, 2.05) is 31.2 Å². The van der Waals surface area contributed by atoms with Crippen LogP contribution >= 0.6 is 0 Å². The summed E-state index contributed by atoms with van der Waals surface area (Å²) in [4.78, 5) is 12.7. The van der Waals surface area contributed by atoms with Gasteiger partial charge in [-0.2, -0.15) is 0 Å². The molecular formula is C20H25NO3. The lowest BCUT2D eigenvalue weighted by molar-refractivity contribution is 0.0910. The molecule has 0 radical (unpaired) electrons. The molecule has 2 N–H and O–H groups in total. The largest absolute Gasteiger partial charge is 0.455 e. The van der Waals surface area contributed by atoms with Crippen LogP contribution in [0, 0.1) is 12.3 Å². The molecular weight excluding hydrogens is 302 g/mol. The van der Waals surface area contributed by atoms with Crippen molar-refractivity contribution in [3.63, 3.8) is 0 Å². The van der Waals surface area contributed by atoms with Crippen LogP contribution in [0.2, 0.25) is 0 Å². The minimum absolute atomic E-state index is 0.0285. The Kier molecular flexibility index (Phi) is 4.26. The van der Waals surface area contributed by atoms with E-state index in [0.717, 1.165) is 41.0 Å². The Morgan fingerprint density at radius 3 is 2.79 bits per heavy atom. The van der Waals surface area contributed by atoms with E-state index in [2.05, 4.69) is 26.1 Å². The van der Waals surface area contributed by atoms with Gasteiger partial charge in [-0.3, -0.25) is 4.79 Å². The number of aryl methyl sites for hydroxylation is 1. The van der Waals surface area contributed by atoms with Crippen molar-refractivity contribution in [2.45, 2.75) is 53.1 Å². The molecule has 0 aliphatic heterocycles. The Morgan fingerprint density at radius 2 is 2.08 bits per heavy atom. The molecule has 0 spiro atoms. The molecule has 3 rings (SSSR count). The third-order valence-electron chi connectivity index (χ3n) is 4.84. The van der Waals surface area contributed by atoms with Crippen LogP contribution in [0.3, 0.4) is 0 Å². The van der Waals surface area contributed by atoms with Crippen molar-refractivity contribution in [2.24, 2.45) is 5.41 Å². The SMILES string of the molecule is CCc1ccccc1NC(=O)c1oc2c(c1C)[C@@H](O)CC(C)(C)C2. The van der Waals surface area contributed by atoms with Crippen molar-refractivity contribution in [2.75, 3.05) is 5.32 Å². The third-order valence-corrected chi connectivity index (χ3v) is 4.84. The fourth-order valence-corrected chi connectivity index (χ4v) is 3.63. The van der Waals surface area contributed by atoms with Crippen LogP contribution in [0.5, 0.6) is 0 Å². The Labute approximate surface area is 142 Å². The van der Waals surface area contributed by atoms with Crippen molar-refractivity contribution in [1.29, 1.82) is 0 Å². The molecule has 1 aromatic heterocycles. The lowest BCUT2D eigenvalue weighted by atomic mass is 9.75. The first-order valence-electron chi connectivity index (χ1n) is 8.52. The number of hydrogen-bond acceptors (Lipinski definition) is 3. The number of hydrogen-bond donors (Lipinski definition) is 2. The lowest BCUT2D eigenvalue weighted by Crippen LogP contribution is -2.24. The number of carbonyl (C=O) groups is 1. The zero-order valence-electron chi connectivity index (χ0n) is 14.8. The number of aliphatic hydroxyl groups excluding tert-OH is 1. The summed E-state index contributed by atoms with van der Waals surface area (Å²) in [5, 5.41) is 13.4. The van der Waals surface area contributed by atoms with Crippen LogP contribution in [0.4, 0.5) is 5.69 Å². The number of benzene rings is 1. The molecule has 24 heavy (non-hydrogen) atoms. The molecule has 128 valence electrons. The molecule has 0 saturated carbocycles. The number of rotatable bonds is 3. The zero-order chi connectivity index (χ0) is 17.5. The molecule has 1 aliphatic rings. The summed E-state index contributed by atoms with van der Waals surface area (Å²) in [6, 6.07) is 7.76. The van der Waals surface area contributed by atoms with Gasteiger partial charge in [0, 0.05) is 23.2 Å². The van der Waals surface area contributed by atoms with Gasteiger partial charge < -0.3 is 14.8 Å². The van der Waals surface area contributed by atoms with Crippen molar-refractivity contribution in [3.05, 3.63) is 52.5 Å². The molecule has 1 aliphatic carbocycles. The summed E-state index contributed by atoms with van der Waals surface area (Å²) < 4.78 is 5.88. The highest BCUT2D eigenvalue weighted by Gasteiger charge is 2.37. The van der Waals surface area contributed by atoms with E-state index in [-0.39, 0.29) is 11.3 Å². The first-order chi connectivity index (χ1) is 11.3. The van der Waals surface area contributed by atoms with E-state index in [1.165, 1.54) is 0 Å². The van der Waals surface area contributed by atoms with Gasteiger partial charge >= 0.3 is 0 Å². The maximum absolute atomic E-state index is 12.7. The van der Waals surface area contributed by atoms with E-state index >= 15 is 0 Å². The first kappa shape index (κ1) is 16.8. The molecule has 1 aromatic carbocycles. The highest BCUT2D eigenvalue weighted by molar-refractivity contribution is 6.04. The molecule has 0 saturated heterocycles. The van der Waals surface area contributed by atoms with E-state index in [1.54, 1.807) is 0 Å². The van der Waals surface area contributed by atoms with Gasteiger partial charge in [-0.15, -0.1) is 0 Å². The van der Waals surface area contributed by atoms with Crippen molar-refractivity contribution >= 4 is 11.6 Å². The van der Waals surface area contributed by atoms with Crippen molar-refractivity contribution < 1.29 is 14.3 Å². The highest BCUT2D eigenvalue weighted by atomic mass is 16.4. The predicted molar refractivity (Wildman–Crippen MR) is 94.3 cm³/mol. The molecule has 0 unspecified atom stereocenters. The molecule has 1 atom stereocenters. The van der Waals surface area contributed by atoms with E-state index in [4.69, 9.17) is 4.42 Å². The zero-order valence-corrected chi connectivity index (χ0v) is 14.8. The molecule has 0 fully saturated rings. The summed E-state index contributed by atoms with van der Waals surface area (Å²) in [5.41, 5.74) is 3.41. The fraction of sp³-hybridized carbons (Fsp3) is 0.450. The smallest absolute Gasteiger partial charge is 0.291 e. The maximum atomic E-state index is 12.7. The number of furan rings is 1. The van der Waals surface area contributed by atoms with Gasteiger partial charge in [0.05, 0.1) is 6.10 Å². The lowest BCUT2D eigenvalue weighted by Gasteiger charge is -2.31. The van der Waals surface area contributed by atoms with Crippen LogP contribution in [0.25, 0.3) is 0 Å². The van der Waals surface area contributed by atoms with Crippen LogP contribution in [0.15, 0.2) is 28.7 Å². The highest BCUT2D eigenvalue weighted by Crippen LogP contribution is 2.44. The predicted octanol–water partition coefficient (Wildman–Crippen LogP) is 4.41. The number of nitrogens with one attached hydrogen (secondary N) is 1. The summed E-state index contributed by atoms with van der Waals surface area (Å²) in [6.45, 7) is 8.12. The molecule has 2 aromatic rings. The van der Waals surface area contributed by atoms with Gasteiger partial charge in [0.15, 0.2) is 5.76 Å². The number of fused-ring (bicyclic) bond motifs is 1. The Hall–Kier alpha value is -2.07. The number of aliphatic hydroxyl groups is 1. The quantitative estimate of drug-likeness (QED) is 0.878. The Bertz CT molecular complexity index is 773. The Morgan fingerprint density at radius 1 is 1.38 bits per heavy atom. The minimum atomic E-state index is -0.572. The van der Waals surface area contributed by atoms with E-state index in [9.17, 15) is 9.90 Å². The number of carbonyl (C=O) groups excluding carboxylic acids is 1. The second-order valence-electron chi connectivity index (χ2n) is 7.42. The molecule has 4 nitrogen and oxygen atoms in total. The topological polar surface area (TPSA) is 62.5 Å². The van der Waals surface area contributed by atoms with Crippen LogP contribution in [0.1, 0.15) is 66.3 Å². The standard InChI is InChI=1S/C20H25NO3/c1-5-13-8-6-7-9-14(13)21-19(23)18-12(2)17-15(22)10-20(3,4)11-16(17)24-18/h6-9,15,22H,5,10-11H2,1-4H3,(H,21,23)/t15-/m0/s1. The van der Waals surface area contributed by atoms with Gasteiger partial charge in [-0.05, 0) is 36.8 Å². The van der Waals surface area contributed by atoms with Crippen molar-refractivity contribution in [1.82, 2.24) is 0 Å². The second kappa shape index (κ2) is 6.10. The van der Waals surface area contributed by atoms with Crippen LogP contribution < -0.4 is 5.32 Å². The monoisotopic (exact) mass is 327 g/mol. The third kappa shape index (κ3) is 2.98. The Balaban J connectivity index is 1.92. The van der Waals surface area contributed by atoms with E-state index < -0.39 is 6.10 Å². The van der Waals surface area contributed by atoms with Gasteiger partial charge in [0.2, 0.25) is 0 Å². The summed E-state index contributed by atoms with van der Waals surface area (Å²) in [7, 11) is 0. The van der Waals surface area contributed by atoms with Gasteiger partial charge in [-0.25, -0.2) is 0 Å². The second-order valence-corrected chi connectivity index (χ2v) is 7.42. The molecule has 0 bridgehead atoms. The van der Waals surface area contributed by atoms with E-state index in [0.29, 0.717) is 12.2 Å². The molecule has 4 heteroatoms. The maximum Gasteiger partial charge on any atom is 0.291 e. The number of para-hydroxylation sites is 1. The van der Waals surface area contributed by atoms with Crippen LogP contribution in [-0.2, 0) is 12.8 Å². The minimum Gasteiger partial charge on any atom is -0.455 e. The first-order valence-corrected chi connectivity index (χ1v) is 8.52. The molecule has 1 amide bonds. The number of anilines is 1.